The summed E-state index contributed by atoms with van der Waals surface area (Å²) in [5.74, 6) is -0.705. The quantitative estimate of drug-likeness (QED) is 0.491. The number of esters is 1. The minimum Gasteiger partial charge on any atom is -0.465 e. The van der Waals surface area contributed by atoms with Crippen LogP contribution in [0.2, 0.25) is 0 Å². The van der Waals surface area contributed by atoms with Gasteiger partial charge in [0.25, 0.3) is 5.91 Å². The molecule has 0 fully saturated rings. The Bertz CT molecular complexity index is 1170. The predicted molar refractivity (Wildman–Crippen MR) is 109 cm³/mol. The predicted octanol–water partition coefficient (Wildman–Crippen LogP) is 4.50. The molecule has 1 amide bonds. The number of anilines is 1. The van der Waals surface area contributed by atoms with Gasteiger partial charge in [-0.15, -0.1) is 5.10 Å². The number of nitrogens with zero attached hydrogens (tertiary/aromatic N) is 2. The first-order chi connectivity index (χ1) is 14.1. The van der Waals surface area contributed by atoms with Crippen molar-refractivity contribution in [2.24, 2.45) is 0 Å². The molecule has 29 heavy (non-hydrogen) atoms. The van der Waals surface area contributed by atoms with Crippen LogP contribution in [0.25, 0.3) is 22.6 Å². The minimum atomic E-state index is -0.523. The number of benzene rings is 2. The van der Waals surface area contributed by atoms with E-state index in [-0.39, 0.29) is 17.1 Å². The highest BCUT2D eigenvalue weighted by atomic mass is 32.1. The van der Waals surface area contributed by atoms with E-state index in [9.17, 15) is 9.59 Å². The SMILES string of the molecule is COC(=O)c1cccc(C(=O)Nc2nnc(-c3cccc(-c4ccsc4)c3)o2)c1. The standard InChI is InChI=1S/C21H15N3O4S/c1-27-20(26)16-7-3-5-14(11-16)18(25)22-21-24-23-19(28-21)15-6-2-4-13(10-15)17-8-9-29-12-17/h2-12H,1H3,(H,22,24,25). The molecule has 144 valence electrons. The number of amides is 1. The van der Waals surface area contributed by atoms with Crippen LogP contribution >= 0.6 is 11.3 Å². The molecule has 0 aliphatic heterocycles. The Morgan fingerprint density at radius 1 is 0.966 bits per heavy atom. The normalized spacial score (nSPS) is 10.5. The lowest BCUT2D eigenvalue weighted by atomic mass is 10.1. The molecule has 4 rings (SSSR count). The van der Waals surface area contributed by atoms with E-state index >= 15 is 0 Å². The van der Waals surface area contributed by atoms with Gasteiger partial charge < -0.3 is 9.15 Å². The van der Waals surface area contributed by atoms with Crippen LogP contribution in [0.4, 0.5) is 6.01 Å². The summed E-state index contributed by atoms with van der Waals surface area (Å²) in [4.78, 5) is 24.1. The molecule has 0 radical (unpaired) electrons. The number of hydrogen-bond donors (Lipinski definition) is 1. The molecule has 2 aromatic heterocycles. The summed E-state index contributed by atoms with van der Waals surface area (Å²) < 4.78 is 10.3. The Kier molecular flexibility index (Phi) is 5.17. The summed E-state index contributed by atoms with van der Waals surface area (Å²) in [6.07, 6.45) is 0. The lowest BCUT2D eigenvalue weighted by Gasteiger charge is -2.03. The van der Waals surface area contributed by atoms with Crippen molar-refractivity contribution < 1.29 is 18.7 Å². The van der Waals surface area contributed by atoms with E-state index in [1.165, 1.54) is 13.2 Å². The van der Waals surface area contributed by atoms with E-state index in [0.717, 1.165) is 16.7 Å². The van der Waals surface area contributed by atoms with Crippen LogP contribution in [0.1, 0.15) is 20.7 Å². The Morgan fingerprint density at radius 3 is 2.55 bits per heavy atom. The molecule has 0 saturated carbocycles. The Hall–Kier alpha value is -3.78. The monoisotopic (exact) mass is 405 g/mol. The van der Waals surface area contributed by atoms with Gasteiger partial charge in [0.15, 0.2) is 0 Å². The Balaban J connectivity index is 1.52. The number of carbonyl (C=O) groups is 2. The summed E-state index contributed by atoms with van der Waals surface area (Å²) in [7, 11) is 1.28. The second kappa shape index (κ2) is 8.07. The van der Waals surface area contributed by atoms with Gasteiger partial charge >= 0.3 is 12.0 Å². The maximum absolute atomic E-state index is 12.4. The van der Waals surface area contributed by atoms with Crippen LogP contribution in [0.15, 0.2) is 69.8 Å². The molecule has 4 aromatic rings. The second-order valence-electron chi connectivity index (χ2n) is 6.03. The van der Waals surface area contributed by atoms with Gasteiger partial charge in [0.2, 0.25) is 5.89 Å². The average Bonchev–Trinajstić information content (AvgIpc) is 3.46. The molecule has 0 spiro atoms. The van der Waals surface area contributed by atoms with Crippen molar-refractivity contribution in [2.75, 3.05) is 12.4 Å². The number of methoxy groups -OCH3 is 1. The van der Waals surface area contributed by atoms with Crippen molar-refractivity contribution in [3.05, 3.63) is 76.5 Å². The number of nitrogens with one attached hydrogen (secondary N) is 1. The van der Waals surface area contributed by atoms with E-state index in [1.807, 2.05) is 35.7 Å². The molecule has 7 nitrogen and oxygen atoms in total. The Labute approximate surface area is 170 Å². The first kappa shape index (κ1) is 18.6. The topological polar surface area (TPSA) is 94.3 Å². The highest BCUT2D eigenvalue weighted by molar-refractivity contribution is 7.08. The Morgan fingerprint density at radius 2 is 1.76 bits per heavy atom. The van der Waals surface area contributed by atoms with E-state index in [1.54, 1.807) is 29.5 Å². The number of hydrogen-bond acceptors (Lipinski definition) is 7. The first-order valence-corrected chi connectivity index (χ1v) is 9.54. The van der Waals surface area contributed by atoms with Gasteiger partial charge in [-0.3, -0.25) is 10.1 Å². The van der Waals surface area contributed by atoms with Crippen LogP contribution in [0.3, 0.4) is 0 Å². The number of thiophene rings is 1. The van der Waals surface area contributed by atoms with Gasteiger partial charge in [-0.05, 0) is 58.3 Å². The molecule has 2 heterocycles. The van der Waals surface area contributed by atoms with Crippen LogP contribution in [-0.4, -0.2) is 29.2 Å². The van der Waals surface area contributed by atoms with Gasteiger partial charge in [0.1, 0.15) is 0 Å². The minimum absolute atomic E-state index is 0.0330. The summed E-state index contributed by atoms with van der Waals surface area (Å²) in [6.45, 7) is 0. The first-order valence-electron chi connectivity index (χ1n) is 8.60. The molecule has 0 bridgehead atoms. The third-order valence-corrected chi connectivity index (χ3v) is 4.84. The maximum atomic E-state index is 12.4. The fraction of sp³-hybridized carbons (Fsp3) is 0.0476. The number of ether oxygens (including phenoxy) is 1. The highest BCUT2D eigenvalue weighted by Gasteiger charge is 2.15. The third kappa shape index (κ3) is 4.07. The maximum Gasteiger partial charge on any atom is 0.337 e. The smallest absolute Gasteiger partial charge is 0.337 e. The van der Waals surface area contributed by atoms with E-state index in [2.05, 4.69) is 25.6 Å². The zero-order valence-electron chi connectivity index (χ0n) is 15.3. The van der Waals surface area contributed by atoms with Gasteiger partial charge in [0.05, 0.1) is 12.7 Å². The number of aromatic nitrogens is 2. The average molecular weight is 405 g/mol. The molecule has 0 atom stereocenters. The fourth-order valence-corrected chi connectivity index (χ4v) is 3.39. The molecular formula is C21H15N3O4S. The van der Waals surface area contributed by atoms with Crippen molar-refractivity contribution in [1.82, 2.24) is 10.2 Å². The summed E-state index contributed by atoms with van der Waals surface area (Å²) in [5.41, 5.74) is 3.43. The lowest BCUT2D eigenvalue weighted by Crippen LogP contribution is -2.13. The molecular weight excluding hydrogens is 390 g/mol. The van der Waals surface area contributed by atoms with E-state index < -0.39 is 11.9 Å². The van der Waals surface area contributed by atoms with Crippen molar-refractivity contribution in [3.63, 3.8) is 0 Å². The largest absolute Gasteiger partial charge is 0.465 e. The second-order valence-corrected chi connectivity index (χ2v) is 6.81. The third-order valence-electron chi connectivity index (χ3n) is 4.16. The molecule has 0 unspecified atom stereocenters. The van der Waals surface area contributed by atoms with Gasteiger partial charge in [0, 0.05) is 11.1 Å². The van der Waals surface area contributed by atoms with Crippen LogP contribution in [-0.2, 0) is 4.74 Å². The highest BCUT2D eigenvalue weighted by Crippen LogP contribution is 2.27. The fourth-order valence-electron chi connectivity index (χ4n) is 2.73. The molecule has 2 aromatic carbocycles. The zero-order chi connectivity index (χ0) is 20.2. The van der Waals surface area contributed by atoms with Gasteiger partial charge in [-0.1, -0.05) is 23.3 Å². The molecule has 0 saturated heterocycles. The van der Waals surface area contributed by atoms with Crippen molar-refractivity contribution in [1.29, 1.82) is 0 Å². The van der Waals surface area contributed by atoms with Crippen molar-refractivity contribution >= 4 is 29.2 Å². The van der Waals surface area contributed by atoms with Crippen LogP contribution in [0.5, 0.6) is 0 Å². The zero-order valence-corrected chi connectivity index (χ0v) is 16.1. The van der Waals surface area contributed by atoms with Crippen LogP contribution < -0.4 is 5.32 Å². The molecule has 8 heteroatoms. The van der Waals surface area contributed by atoms with Crippen LogP contribution in [0, 0.1) is 0 Å². The van der Waals surface area contributed by atoms with E-state index in [4.69, 9.17) is 4.42 Å². The summed E-state index contributed by atoms with van der Waals surface area (Å²) >= 11 is 1.62. The summed E-state index contributed by atoms with van der Waals surface area (Å²) in [5, 5.41) is 14.5. The number of carbonyl (C=O) groups excluding carboxylic acids is 2. The van der Waals surface area contributed by atoms with Gasteiger partial charge in [-0.25, -0.2) is 4.79 Å². The van der Waals surface area contributed by atoms with Crippen molar-refractivity contribution in [3.8, 4) is 22.6 Å². The molecule has 0 aliphatic rings. The molecule has 1 N–H and O–H groups in total. The van der Waals surface area contributed by atoms with Gasteiger partial charge in [-0.2, -0.15) is 11.3 Å². The van der Waals surface area contributed by atoms with Crippen molar-refractivity contribution in [2.45, 2.75) is 0 Å². The van der Waals surface area contributed by atoms with E-state index in [0.29, 0.717) is 5.89 Å². The molecule has 0 aliphatic carbocycles. The summed E-state index contributed by atoms with van der Waals surface area (Å²) in [6, 6.07) is 15.9. The number of rotatable bonds is 5. The lowest BCUT2D eigenvalue weighted by molar-refractivity contribution is 0.0600.